The van der Waals surface area contributed by atoms with Crippen molar-refractivity contribution in [1.29, 1.82) is 0 Å². The number of rotatable bonds is 4. The average Bonchev–Trinajstić information content (AvgIpc) is 3.11. The molecular weight excluding hydrogens is 276 g/mol. The SMILES string of the molecule is CC1CC(NC(=O)c2sc(NC3CC3)nc2N)CCO1. The van der Waals surface area contributed by atoms with Gasteiger partial charge in [0.05, 0.1) is 6.10 Å². The Morgan fingerprint density at radius 2 is 2.20 bits per heavy atom. The van der Waals surface area contributed by atoms with Gasteiger partial charge in [-0.25, -0.2) is 4.98 Å². The predicted molar refractivity (Wildman–Crippen MR) is 79.1 cm³/mol. The van der Waals surface area contributed by atoms with Crippen molar-refractivity contribution in [3.63, 3.8) is 0 Å². The molecule has 0 radical (unpaired) electrons. The summed E-state index contributed by atoms with van der Waals surface area (Å²) in [6, 6.07) is 0.667. The second-order valence-electron chi connectivity index (χ2n) is 5.53. The van der Waals surface area contributed by atoms with E-state index in [0.29, 0.717) is 23.3 Å². The lowest BCUT2D eigenvalue weighted by molar-refractivity contribution is 0.0137. The Labute approximate surface area is 122 Å². The first-order chi connectivity index (χ1) is 9.61. The summed E-state index contributed by atoms with van der Waals surface area (Å²) in [6.07, 6.45) is 4.22. The molecule has 110 valence electrons. The van der Waals surface area contributed by atoms with Crippen LogP contribution in [-0.4, -0.2) is 35.7 Å². The third-order valence-electron chi connectivity index (χ3n) is 3.58. The minimum Gasteiger partial charge on any atom is -0.382 e. The molecule has 0 spiro atoms. The molecule has 2 aliphatic rings. The van der Waals surface area contributed by atoms with Crippen LogP contribution in [0.1, 0.15) is 42.3 Å². The molecule has 1 aliphatic heterocycles. The summed E-state index contributed by atoms with van der Waals surface area (Å²) >= 11 is 1.33. The number of carbonyl (C=O) groups excluding carboxylic acids is 1. The Hall–Kier alpha value is -1.34. The second-order valence-corrected chi connectivity index (χ2v) is 6.53. The van der Waals surface area contributed by atoms with Crippen LogP contribution in [0.5, 0.6) is 0 Å². The van der Waals surface area contributed by atoms with Crippen molar-refractivity contribution < 1.29 is 9.53 Å². The number of hydrogen-bond donors (Lipinski definition) is 3. The lowest BCUT2D eigenvalue weighted by atomic mass is 10.0. The van der Waals surface area contributed by atoms with E-state index in [9.17, 15) is 4.79 Å². The number of anilines is 2. The van der Waals surface area contributed by atoms with Crippen molar-refractivity contribution in [3.8, 4) is 0 Å². The van der Waals surface area contributed by atoms with Gasteiger partial charge in [-0.3, -0.25) is 4.79 Å². The van der Waals surface area contributed by atoms with Crippen molar-refractivity contribution >= 4 is 28.2 Å². The Balaban J connectivity index is 1.62. The van der Waals surface area contributed by atoms with E-state index >= 15 is 0 Å². The standard InChI is InChI=1S/C13H20N4O2S/c1-7-6-9(4-5-19-7)15-12(18)10-11(14)17-13(20-10)16-8-2-3-8/h7-9H,2-6,14H2,1H3,(H,15,18)(H,16,17). The fourth-order valence-corrected chi connectivity index (χ4v) is 3.20. The lowest BCUT2D eigenvalue weighted by Crippen LogP contribution is -2.41. The zero-order chi connectivity index (χ0) is 14.1. The number of hydrogen-bond acceptors (Lipinski definition) is 6. The minimum absolute atomic E-state index is 0.122. The van der Waals surface area contributed by atoms with E-state index in [1.54, 1.807) is 0 Å². The molecule has 6 nitrogen and oxygen atoms in total. The van der Waals surface area contributed by atoms with Gasteiger partial charge < -0.3 is 21.1 Å². The Morgan fingerprint density at radius 3 is 2.90 bits per heavy atom. The van der Waals surface area contributed by atoms with Crippen molar-refractivity contribution in [2.75, 3.05) is 17.7 Å². The Morgan fingerprint density at radius 1 is 1.40 bits per heavy atom. The van der Waals surface area contributed by atoms with Gasteiger partial charge in [0.2, 0.25) is 0 Å². The molecular formula is C13H20N4O2S. The molecule has 7 heteroatoms. The first-order valence-corrected chi connectivity index (χ1v) is 7.89. The van der Waals surface area contributed by atoms with Crippen molar-refractivity contribution in [2.45, 2.75) is 50.8 Å². The van der Waals surface area contributed by atoms with Crippen LogP contribution in [0.2, 0.25) is 0 Å². The quantitative estimate of drug-likeness (QED) is 0.785. The zero-order valence-electron chi connectivity index (χ0n) is 11.5. The molecule has 0 bridgehead atoms. The van der Waals surface area contributed by atoms with Gasteiger partial charge in [-0.2, -0.15) is 0 Å². The van der Waals surface area contributed by atoms with Crippen LogP contribution in [0.15, 0.2) is 0 Å². The molecule has 3 rings (SSSR count). The van der Waals surface area contributed by atoms with Gasteiger partial charge >= 0.3 is 0 Å². The smallest absolute Gasteiger partial charge is 0.265 e. The summed E-state index contributed by atoms with van der Waals surface area (Å²) in [7, 11) is 0. The summed E-state index contributed by atoms with van der Waals surface area (Å²) in [6.45, 7) is 2.72. The maximum absolute atomic E-state index is 12.3. The summed E-state index contributed by atoms with van der Waals surface area (Å²) in [4.78, 5) is 17.0. The van der Waals surface area contributed by atoms with E-state index in [1.165, 1.54) is 24.2 Å². The third-order valence-corrected chi connectivity index (χ3v) is 4.59. The number of ether oxygens (including phenoxy) is 1. The molecule has 1 saturated heterocycles. The minimum atomic E-state index is -0.122. The number of aromatic nitrogens is 1. The summed E-state index contributed by atoms with van der Waals surface area (Å²) in [5, 5.41) is 7.05. The maximum atomic E-state index is 12.3. The van der Waals surface area contributed by atoms with Crippen LogP contribution < -0.4 is 16.4 Å². The Kier molecular flexibility index (Phi) is 3.80. The molecule has 0 aromatic carbocycles. The van der Waals surface area contributed by atoms with Gasteiger partial charge in [-0.1, -0.05) is 11.3 Å². The highest BCUT2D eigenvalue weighted by molar-refractivity contribution is 7.18. The van der Waals surface area contributed by atoms with Crippen LogP contribution in [0.3, 0.4) is 0 Å². The van der Waals surface area contributed by atoms with Crippen LogP contribution in [0, 0.1) is 0 Å². The van der Waals surface area contributed by atoms with E-state index in [-0.39, 0.29) is 18.1 Å². The Bertz CT molecular complexity index is 501. The van der Waals surface area contributed by atoms with Gasteiger partial charge in [-0.15, -0.1) is 0 Å². The van der Waals surface area contributed by atoms with Gasteiger partial charge in [0.1, 0.15) is 10.7 Å². The summed E-state index contributed by atoms with van der Waals surface area (Å²) in [5.74, 6) is 0.193. The normalized spacial score (nSPS) is 26.2. The fraction of sp³-hybridized carbons (Fsp3) is 0.692. The topological polar surface area (TPSA) is 89.3 Å². The molecule has 2 unspecified atom stereocenters. The highest BCUT2D eigenvalue weighted by Crippen LogP contribution is 2.30. The van der Waals surface area contributed by atoms with E-state index < -0.39 is 0 Å². The van der Waals surface area contributed by atoms with Gasteiger partial charge in [0, 0.05) is 18.7 Å². The molecule has 2 atom stereocenters. The van der Waals surface area contributed by atoms with E-state index in [4.69, 9.17) is 10.5 Å². The van der Waals surface area contributed by atoms with Crippen molar-refractivity contribution in [3.05, 3.63) is 4.88 Å². The molecule has 4 N–H and O–H groups in total. The first kappa shape index (κ1) is 13.6. The zero-order valence-corrected chi connectivity index (χ0v) is 12.3. The van der Waals surface area contributed by atoms with Crippen LogP contribution in [0.4, 0.5) is 10.9 Å². The maximum Gasteiger partial charge on any atom is 0.265 e. The van der Waals surface area contributed by atoms with E-state index in [2.05, 4.69) is 15.6 Å². The molecule has 1 saturated carbocycles. The molecule has 1 aromatic rings. The fourth-order valence-electron chi connectivity index (χ4n) is 2.34. The summed E-state index contributed by atoms with van der Waals surface area (Å²) in [5.41, 5.74) is 5.84. The highest BCUT2D eigenvalue weighted by Gasteiger charge is 2.26. The van der Waals surface area contributed by atoms with Crippen LogP contribution in [-0.2, 0) is 4.74 Å². The number of nitrogens with zero attached hydrogens (tertiary/aromatic N) is 1. The number of thiazole rings is 1. The van der Waals surface area contributed by atoms with E-state index in [1.807, 2.05) is 6.92 Å². The molecule has 1 aliphatic carbocycles. The molecule has 1 aromatic heterocycles. The average molecular weight is 296 g/mol. The van der Waals surface area contributed by atoms with Crippen molar-refractivity contribution in [1.82, 2.24) is 10.3 Å². The number of nitrogen functional groups attached to an aromatic ring is 1. The monoisotopic (exact) mass is 296 g/mol. The summed E-state index contributed by atoms with van der Waals surface area (Å²) < 4.78 is 5.48. The van der Waals surface area contributed by atoms with E-state index in [0.717, 1.165) is 18.0 Å². The lowest BCUT2D eigenvalue weighted by Gasteiger charge is -2.27. The molecule has 2 fully saturated rings. The molecule has 20 heavy (non-hydrogen) atoms. The highest BCUT2D eigenvalue weighted by atomic mass is 32.1. The number of nitrogens with two attached hydrogens (primary N) is 1. The third kappa shape index (κ3) is 3.21. The number of carbonyl (C=O) groups is 1. The van der Waals surface area contributed by atoms with Gasteiger partial charge in [-0.05, 0) is 32.6 Å². The largest absolute Gasteiger partial charge is 0.382 e. The van der Waals surface area contributed by atoms with Gasteiger partial charge in [0.25, 0.3) is 5.91 Å². The number of nitrogens with one attached hydrogen (secondary N) is 2. The predicted octanol–water partition coefficient (Wildman–Crippen LogP) is 1.60. The number of amides is 1. The molecule has 2 heterocycles. The second kappa shape index (κ2) is 5.57. The van der Waals surface area contributed by atoms with Crippen LogP contribution in [0.25, 0.3) is 0 Å². The van der Waals surface area contributed by atoms with Gasteiger partial charge in [0.15, 0.2) is 5.13 Å². The van der Waals surface area contributed by atoms with Crippen LogP contribution >= 0.6 is 11.3 Å². The molecule has 1 amide bonds. The van der Waals surface area contributed by atoms with Crippen molar-refractivity contribution in [2.24, 2.45) is 0 Å². The first-order valence-electron chi connectivity index (χ1n) is 7.07.